The van der Waals surface area contributed by atoms with Crippen LogP contribution in [-0.4, -0.2) is 5.91 Å². The Balaban J connectivity index is 2.44. The molecule has 0 atom stereocenters. The van der Waals surface area contributed by atoms with E-state index in [1.165, 1.54) is 12.1 Å². The van der Waals surface area contributed by atoms with Gasteiger partial charge >= 0.3 is 0 Å². The van der Waals surface area contributed by atoms with E-state index in [2.05, 4.69) is 5.32 Å². The van der Waals surface area contributed by atoms with E-state index in [0.717, 1.165) is 12.8 Å². The van der Waals surface area contributed by atoms with Crippen LogP contribution in [0, 0.1) is 5.82 Å². The minimum absolute atomic E-state index is 0.0153. The zero-order valence-electron chi connectivity index (χ0n) is 8.22. The first kappa shape index (κ1) is 10.7. The van der Waals surface area contributed by atoms with Crippen molar-refractivity contribution in [1.82, 2.24) is 0 Å². The van der Waals surface area contributed by atoms with Crippen LogP contribution in [0.25, 0.3) is 0 Å². The van der Waals surface area contributed by atoms with Gasteiger partial charge in [0.15, 0.2) is 0 Å². The van der Waals surface area contributed by atoms with E-state index in [0.29, 0.717) is 12.1 Å². The fraction of sp³-hybridized carbons (Fsp3) is 0.364. The van der Waals surface area contributed by atoms with Gasteiger partial charge < -0.3 is 5.32 Å². The maximum absolute atomic E-state index is 12.5. The lowest BCUT2D eigenvalue weighted by molar-refractivity contribution is -0.116. The molecule has 14 heavy (non-hydrogen) atoms. The molecule has 0 bridgehead atoms. The smallest absolute Gasteiger partial charge is 0.224 e. The summed E-state index contributed by atoms with van der Waals surface area (Å²) in [5.74, 6) is -0.310. The van der Waals surface area contributed by atoms with Gasteiger partial charge in [-0.15, -0.1) is 0 Å². The molecule has 0 saturated heterocycles. The first-order valence-corrected chi connectivity index (χ1v) is 4.78. The molecule has 0 spiro atoms. The summed E-state index contributed by atoms with van der Waals surface area (Å²) in [4.78, 5) is 11.3. The Hall–Kier alpha value is -1.38. The molecule has 0 heterocycles. The molecular formula is C11H14FNO. The van der Waals surface area contributed by atoms with Gasteiger partial charge in [0.05, 0.1) is 0 Å². The van der Waals surface area contributed by atoms with Crippen molar-refractivity contribution in [2.75, 3.05) is 5.32 Å². The Morgan fingerprint density at radius 1 is 1.36 bits per heavy atom. The monoisotopic (exact) mass is 195 g/mol. The summed E-state index contributed by atoms with van der Waals surface area (Å²) < 4.78 is 12.5. The molecular weight excluding hydrogens is 181 g/mol. The van der Waals surface area contributed by atoms with Crippen LogP contribution in [0.1, 0.15) is 26.2 Å². The van der Waals surface area contributed by atoms with Gasteiger partial charge in [-0.1, -0.05) is 13.3 Å². The van der Waals surface area contributed by atoms with Gasteiger partial charge in [-0.05, 0) is 30.7 Å². The number of unbranched alkanes of at least 4 members (excludes halogenated alkanes) is 1. The highest BCUT2D eigenvalue weighted by atomic mass is 19.1. The van der Waals surface area contributed by atoms with E-state index >= 15 is 0 Å². The van der Waals surface area contributed by atoms with Gasteiger partial charge in [0.2, 0.25) is 5.91 Å². The summed E-state index contributed by atoms with van der Waals surface area (Å²) >= 11 is 0. The van der Waals surface area contributed by atoms with Gasteiger partial charge in [0.1, 0.15) is 5.82 Å². The van der Waals surface area contributed by atoms with Crippen molar-refractivity contribution < 1.29 is 9.18 Å². The minimum Gasteiger partial charge on any atom is -0.326 e. The maximum Gasteiger partial charge on any atom is 0.224 e. The molecule has 1 aromatic carbocycles. The second kappa shape index (κ2) is 5.37. The second-order valence-electron chi connectivity index (χ2n) is 3.16. The lowest BCUT2D eigenvalue weighted by Gasteiger charge is -2.03. The van der Waals surface area contributed by atoms with Gasteiger partial charge in [-0.3, -0.25) is 4.79 Å². The molecule has 0 fully saturated rings. The molecule has 0 radical (unpaired) electrons. The number of benzene rings is 1. The number of amides is 1. The van der Waals surface area contributed by atoms with Crippen LogP contribution in [0.2, 0.25) is 0 Å². The van der Waals surface area contributed by atoms with Crippen LogP contribution >= 0.6 is 0 Å². The molecule has 0 unspecified atom stereocenters. The Morgan fingerprint density at radius 2 is 2.00 bits per heavy atom. The largest absolute Gasteiger partial charge is 0.326 e. The number of anilines is 1. The molecule has 0 aliphatic heterocycles. The standard InChI is InChI=1S/C11H14FNO/c1-2-3-4-11(14)13-10-7-5-9(12)6-8-10/h5-8H,2-4H2,1H3,(H,13,14). The number of hydrogen-bond acceptors (Lipinski definition) is 1. The summed E-state index contributed by atoms with van der Waals surface area (Å²) in [5.41, 5.74) is 0.646. The van der Waals surface area contributed by atoms with Gasteiger partial charge in [-0.25, -0.2) is 4.39 Å². The normalized spacial score (nSPS) is 9.86. The van der Waals surface area contributed by atoms with Crippen LogP contribution in [0.5, 0.6) is 0 Å². The predicted octanol–water partition coefficient (Wildman–Crippen LogP) is 2.95. The number of carbonyl (C=O) groups is 1. The van der Waals surface area contributed by atoms with Crippen LogP contribution in [0.3, 0.4) is 0 Å². The highest BCUT2D eigenvalue weighted by molar-refractivity contribution is 5.90. The van der Waals surface area contributed by atoms with E-state index in [4.69, 9.17) is 0 Å². The van der Waals surface area contributed by atoms with Crippen molar-refractivity contribution in [3.63, 3.8) is 0 Å². The van der Waals surface area contributed by atoms with Crippen molar-refractivity contribution in [2.24, 2.45) is 0 Å². The average Bonchev–Trinajstić information content (AvgIpc) is 2.18. The van der Waals surface area contributed by atoms with E-state index in [1.54, 1.807) is 12.1 Å². The van der Waals surface area contributed by atoms with Crippen LogP contribution in [0.4, 0.5) is 10.1 Å². The second-order valence-corrected chi connectivity index (χ2v) is 3.16. The highest BCUT2D eigenvalue weighted by Gasteiger charge is 2.00. The van der Waals surface area contributed by atoms with Crippen molar-refractivity contribution in [2.45, 2.75) is 26.2 Å². The quantitative estimate of drug-likeness (QED) is 0.786. The van der Waals surface area contributed by atoms with Crippen LogP contribution < -0.4 is 5.32 Å². The van der Waals surface area contributed by atoms with Gasteiger partial charge in [0.25, 0.3) is 0 Å². The Labute approximate surface area is 83.1 Å². The lowest BCUT2D eigenvalue weighted by atomic mass is 10.2. The number of carbonyl (C=O) groups excluding carboxylic acids is 1. The zero-order valence-corrected chi connectivity index (χ0v) is 8.22. The number of rotatable bonds is 4. The van der Waals surface area contributed by atoms with Crippen molar-refractivity contribution in [1.29, 1.82) is 0 Å². The summed E-state index contributed by atoms with van der Waals surface area (Å²) in [7, 11) is 0. The highest BCUT2D eigenvalue weighted by Crippen LogP contribution is 2.09. The molecule has 1 rings (SSSR count). The molecule has 2 nitrogen and oxygen atoms in total. The third-order valence-corrected chi connectivity index (χ3v) is 1.89. The summed E-state index contributed by atoms with van der Waals surface area (Å²) in [6.07, 6.45) is 2.40. The van der Waals surface area contributed by atoms with E-state index in [9.17, 15) is 9.18 Å². The van der Waals surface area contributed by atoms with Crippen molar-refractivity contribution in [3.05, 3.63) is 30.1 Å². The Kier molecular flexibility index (Phi) is 4.11. The maximum atomic E-state index is 12.5. The molecule has 1 aromatic rings. The summed E-state index contributed by atoms with van der Waals surface area (Å²) in [5, 5.41) is 2.70. The van der Waals surface area contributed by atoms with Crippen molar-refractivity contribution in [3.8, 4) is 0 Å². The lowest BCUT2D eigenvalue weighted by Crippen LogP contribution is -2.10. The van der Waals surface area contributed by atoms with Gasteiger partial charge in [0, 0.05) is 12.1 Å². The molecule has 0 aliphatic rings. The van der Waals surface area contributed by atoms with Gasteiger partial charge in [-0.2, -0.15) is 0 Å². The van der Waals surface area contributed by atoms with Crippen molar-refractivity contribution >= 4 is 11.6 Å². The minimum atomic E-state index is -0.295. The molecule has 76 valence electrons. The van der Waals surface area contributed by atoms with Crippen LogP contribution in [0.15, 0.2) is 24.3 Å². The molecule has 3 heteroatoms. The fourth-order valence-electron chi connectivity index (χ4n) is 1.09. The molecule has 0 aliphatic carbocycles. The molecule has 1 N–H and O–H groups in total. The zero-order chi connectivity index (χ0) is 10.4. The summed E-state index contributed by atoms with van der Waals surface area (Å²) in [6, 6.07) is 5.77. The third-order valence-electron chi connectivity index (χ3n) is 1.89. The predicted molar refractivity (Wildman–Crippen MR) is 54.6 cm³/mol. The first-order chi connectivity index (χ1) is 6.72. The SMILES string of the molecule is CCCCC(=O)Nc1ccc(F)cc1. The average molecular weight is 195 g/mol. The third kappa shape index (κ3) is 3.56. The number of halogens is 1. The first-order valence-electron chi connectivity index (χ1n) is 4.78. The Morgan fingerprint density at radius 3 is 2.57 bits per heavy atom. The van der Waals surface area contributed by atoms with Crippen LogP contribution in [-0.2, 0) is 4.79 Å². The number of nitrogens with one attached hydrogen (secondary N) is 1. The molecule has 1 amide bonds. The van der Waals surface area contributed by atoms with E-state index in [-0.39, 0.29) is 11.7 Å². The topological polar surface area (TPSA) is 29.1 Å². The molecule has 0 saturated carbocycles. The molecule has 0 aromatic heterocycles. The Bertz CT molecular complexity index is 295. The fourth-order valence-corrected chi connectivity index (χ4v) is 1.09. The number of hydrogen-bond donors (Lipinski definition) is 1. The van der Waals surface area contributed by atoms with E-state index < -0.39 is 0 Å². The summed E-state index contributed by atoms with van der Waals surface area (Å²) in [6.45, 7) is 2.03. The van der Waals surface area contributed by atoms with E-state index in [1.807, 2.05) is 6.92 Å².